The highest BCUT2D eigenvalue weighted by Gasteiger charge is 2.14. The Morgan fingerprint density at radius 3 is 2.26 bits per heavy atom. The molecule has 0 fully saturated rings. The summed E-state index contributed by atoms with van der Waals surface area (Å²) in [6.45, 7) is 14.3. The quantitative estimate of drug-likeness (QED) is 0.181. The number of unbranched alkanes of at least 4 members (excludes halogenated alkanes) is 1. The molecular weight excluding hydrogens is 438 g/mol. The van der Waals surface area contributed by atoms with Crippen molar-refractivity contribution in [2.75, 3.05) is 13.1 Å². The third-order valence-corrected chi connectivity index (χ3v) is 5.06. The molecule has 0 heterocycles. The normalized spacial score (nSPS) is 11.0. The van der Waals surface area contributed by atoms with Gasteiger partial charge in [-0.1, -0.05) is 74.2 Å². The maximum Gasteiger partial charge on any atom is 0.244 e. The Morgan fingerprint density at radius 1 is 0.943 bits per heavy atom. The molecule has 2 aromatic carbocycles. The number of hydrogen-bond acceptors (Lipinski definition) is 5. The molecular formula is C29H39N3O3. The molecule has 2 aromatic rings. The van der Waals surface area contributed by atoms with Gasteiger partial charge >= 0.3 is 0 Å². The van der Waals surface area contributed by atoms with Crippen LogP contribution in [-0.2, 0) is 20.9 Å². The van der Waals surface area contributed by atoms with Crippen LogP contribution in [0.2, 0.25) is 0 Å². The minimum atomic E-state index is -0.123. The Bertz CT molecular complexity index is 898. The van der Waals surface area contributed by atoms with Gasteiger partial charge in [-0.05, 0) is 49.5 Å². The lowest BCUT2D eigenvalue weighted by Crippen LogP contribution is -2.39. The molecule has 0 saturated carbocycles. The molecule has 6 nitrogen and oxygen atoms in total. The van der Waals surface area contributed by atoms with E-state index in [0.29, 0.717) is 12.5 Å². The van der Waals surface area contributed by atoms with Gasteiger partial charge in [0.05, 0.1) is 6.04 Å². The van der Waals surface area contributed by atoms with Crippen LogP contribution < -0.4 is 16.0 Å². The Labute approximate surface area is 210 Å². The standard InChI is InChI=1S/C28H37N3O2.CH2O/c1-4-20-29-23(2)27(31-28(32)19-18-25-13-7-5-8-14-25)17-11-12-21-30-24(3)33-22-26-15-9-6-10-16-26;1-2/h5-10,13-16,18-19,27,29-30H,2-4,11-12,17,20-22H2,1H3,(H,31,32);1H2/b19-18+;. The summed E-state index contributed by atoms with van der Waals surface area (Å²) >= 11 is 0. The van der Waals surface area contributed by atoms with E-state index in [4.69, 9.17) is 9.53 Å². The van der Waals surface area contributed by atoms with Crippen LogP contribution in [0, 0.1) is 0 Å². The predicted molar refractivity (Wildman–Crippen MR) is 144 cm³/mol. The summed E-state index contributed by atoms with van der Waals surface area (Å²) in [4.78, 5) is 20.5. The number of carbonyl (C=O) groups excluding carboxylic acids is 2. The molecule has 0 spiro atoms. The number of nitrogens with one attached hydrogen (secondary N) is 3. The van der Waals surface area contributed by atoms with E-state index < -0.39 is 0 Å². The van der Waals surface area contributed by atoms with Gasteiger partial charge in [0, 0.05) is 24.9 Å². The van der Waals surface area contributed by atoms with Gasteiger partial charge in [0.2, 0.25) is 5.91 Å². The van der Waals surface area contributed by atoms with E-state index in [-0.39, 0.29) is 11.9 Å². The molecule has 0 aliphatic carbocycles. The maximum atomic E-state index is 12.5. The minimum Gasteiger partial charge on any atom is -0.475 e. The number of ether oxygens (including phenoxy) is 1. The Morgan fingerprint density at radius 2 is 1.60 bits per heavy atom. The number of benzene rings is 2. The molecule has 0 bridgehead atoms. The lowest BCUT2D eigenvalue weighted by Gasteiger charge is -2.22. The van der Waals surface area contributed by atoms with E-state index >= 15 is 0 Å². The summed E-state index contributed by atoms with van der Waals surface area (Å²) in [6, 6.07) is 19.7. The lowest BCUT2D eigenvalue weighted by atomic mass is 10.1. The molecule has 0 radical (unpaired) electrons. The van der Waals surface area contributed by atoms with Crippen LogP contribution >= 0.6 is 0 Å². The highest BCUT2D eigenvalue weighted by Crippen LogP contribution is 2.09. The maximum absolute atomic E-state index is 12.5. The van der Waals surface area contributed by atoms with Crippen molar-refractivity contribution in [2.24, 2.45) is 0 Å². The monoisotopic (exact) mass is 477 g/mol. The molecule has 3 N–H and O–H groups in total. The summed E-state index contributed by atoms with van der Waals surface area (Å²) in [5.74, 6) is 0.452. The van der Waals surface area contributed by atoms with E-state index in [1.165, 1.54) is 0 Å². The Balaban J connectivity index is 0.00000298. The summed E-state index contributed by atoms with van der Waals surface area (Å²) in [7, 11) is 0. The lowest BCUT2D eigenvalue weighted by molar-refractivity contribution is -0.117. The molecule has 2 rings (SSSR count). The van der Waals surface area contributed by atoms with Crippen LogP contribution in [0.4, 0.5) is 0 Å². The van der Waals surface area contributed by atoms with Crippen LogP contribution in [0.25, 0.3) is 6.08 Å². The molecule has 1 amide bonds. The molecule has 6 heteroatoms. The zero-order valence-corrected chi connectivity index (χ0v) is 20.8. The van der Waals surface area contributed by atoms with Crippen molar-refractivity contribution in [2.45, 2.75) is 45.3 Å². The fourth-order valence-electron chi connectivity index (χ4n) is 3.20. The molecule has 188 valence electrons. The molecule has 0 saturated heterocycles. The third kappa shape index (κ3) is 13.5. The SMILES string of the molecule is C=C(NCCCCC(NC(=O)/C=C/c1ccccc1)C(=C)NCCC)OCc1ccccc1.C=O. The zero-order chi connectivity index (χ0) is 25.7. The summed E-state index contributed by atoms with van der Waals surface area (Å²) < 4.78 is 5.66. The van der Waals surface area contributed by atoms with Crippen molar-refractivity contribution in [3.05, 3.63) is 103 Å². The van der Waals surface area contributed by atoms with Gasteiger partial charge < -0.3 is 25.5 Å². The predicted octanol–water partition coefficient (Wildman–Crippen LogP) is 4.96. The van der Waals surface area contributed by atoms with Gasteiger partial charge in [-0.2, -0.15) is 0 Å². The molecule has 1 atom stereocenters. The van der Waals surface area contributed by atoms with Crippen molar-refractivity contribution in [1.29, 1.82) is 0 Å². The highest BCUT2D eigenvalue weighted by atomic mass is 16.5. The van der Waals surface area contributed by atoms with Crippen molar-refractivity contribution in [1.82, 2.24) is 16.0 Å². The molecule has 1 unspecified atom stereocenters. The summed E-state index contributed by atoms with van der Waals surface area (Å²) in [5.41, 5.74) is 2.95. The van der Waals surface area contributed by atoms with Crippen LogP contribution in [0.5, 0.6) is 0 Å². The molecule has 0 aliphatic rings. The van der Waals surface area contributed by atoms with Crippen molar-refractivity contribution >= 4 is 18.8 Å². The highest BCUT2D eigenvalue weighted by molar-refractivity contribution is 5.92. The van der Waals surface area contributed by atoms with E-state index in [0.717, 1.165) is 55.6 Å². The molecule has 0 aromatic heterocycles. The smallest absolute Gasteiger partial charge is 0.244 e. The van der Waals surface area contributed by atoms with Crippen LogP contribution in [0.1, 0.15) is 43.7 Å². The number of carbonyl (C=O) groups is 2. The van der Waals surface area contributed by atoms with Gasteiger partial charge in [-0.3, -0.25) is 4.79 Å². The first-order valence-electron chi connectivity index (χ1n) is 11.9. The first-order chi connectivity index (χ1) is 17.1. The van der Waals surface area contributed by atoms with Crippen molar-refractivity contribution < 1.29 is 14.3 Å². The Kier molecular flexibility index (Phi) is 15.5. The van der Waals surface area contributed by atoms with E-state index in [9.17, 15) is 4.79 Å². The summed E-state index contributed by atoms with van der Waals surface area (Å²) in [5, 5.41) is 9.62. The fraction of sp³-hybridized carbons (Fsp3) is 0.310. The van der Waals surface area contributed by atoms with Gasteiger partial charge in [0.1, 0.15) is 13.4 Å². The summed E-state index contributed by atoms with van der Waals surface area (Å²) in [6.07, 6.45) is 7.06. The van der Waals surface area contributed by atoms with Crippen LogP contribution in [0.3, 0.4) is 0 Å². The average Bonchev–Trinajstić information content (AvgIpc) is 2.90. The zero-order valence-electron chi connectivity index (χ0n) is 20.8. The Hall–Kier alpha value is -3.80. The fourth-order valence-corrected chi connectivity index (χ4v) is 3.20. The van der Waals surface area contributed by atoms with Crippen LogP contribution in [0.15, 0.2) is 91.5 Å². The van der Waals surface area contributed by atoms with Gasteiger partial charge in [0.25, 0.3) is 0 Å². The second kappa shape index (κ2) is 18.6. The number of rotatable bonds is 16. The number of amides is 1. The first-order valence-corrected chi connectivity index (χ1v) is 11.9. The van der Waals surface area contributed by atoms with E-state index in [1.807, 2.05) is 73.5 Å². The van der Waals surface area contributed by atoms with Crippen molar-refractivity contribution in [3.8, 4) is 0 Å². The third-order valence-electron chi connectivity index (χ3n) is 5.06. The van der Waals surface area contributed by atoms with Gasteiger partial charge in [0.15, 0.2) is 5.88 Å². The number of hydrogen-bond donors (Lipinski definition) is 3. The van der Waals surface area contributed by atoms with E-state index in [1.54, 1.807) is 6.08 Å². The first kappa shape index (κ1) is 29.2. The molecule has 35 heavy (non-hydrogen) atoms. The second-order valence-corrected chi connectivity index (χ2v) is 7.88. The second-order valence-electron chi connectivity index (χ2n) is 7.88. The largest absolute Gasteiger partial charge is 0.475 e. The van der Waals surface area contributed by atoms with Gasteiger partial charge in [-0.15, -0.1) is 0 Å². The van der Waals surface area contributed by atoms with Crippen LogP contribution in [-0.4, -0.2) is 31.8 Å². The molecule has 0 aliphatic heterocycles. The average molecular weight is 478 g/mol. The minimum absolute atomic E-state index is 0.121. The van der Waals surface area contributed by atoms with Gasteiger partial charge in [-0.25, -0.2) is 0 Å². The topological polar surface area (TPSA) is 79.5 Å². The van der Waals surface area contributed by atoms with E-state index in [2.05, 4.69) is 36.0 Å². The van der Waals surface area contributed by atoms with Crippen molar-refractivity contribution in [3.63, 3.8) is 0 Å².